The molecule has 2 aliphatic heterocycles. The fourth-order valence-corrected chi connectivity index (χ4v) is 10.00. The predicted octanol–water partition coefficient (Wildman–Crippen LogP) is 6.13. The molecule has 5 fully saturated rings. The molecule has 6 aliphatic rings. The van der Waals surface area contributed by atoms with E-state index in [4.69, 9.17) is 9.47 Å². The molecule has 6 rings (SSSR count). The minimum atomic E-state index is 0.0843. The summed E-state index contributed by atoms with van der Waals surface area (Å²) >= 11 is 0. The van der Waals surface area contributed by atoms with E-state index in [0.717, 1.165) is 29.6 Å². The van der Waals surface area contributed by atoms with Gasteiger partial charge in [-0.1, -0.05) is 31.9 Å². The molecule has 4 aliphatic carbocycles. The number of nitrogens with one attached hydrogen (secondary N) is 1. The van der Waals surface area contributed by atoms with E-state index in [1.807, 2.05) is 12.7 Å². The van der Waals surface area contributed by atoms with E-state index in [9.17, 15) is 0 Å². The molecule has 3 nitrogen and oxygen atoms in total. The van der Waals surface area contributed by atoms with Crippen molar-refractivity contribution in [3.8, 4) is 0 Å². The summed E-state index contributed by atoms with van der Waals surface area (Å²) in [7, 11) is 1.93. The highest BCUT2D eigenvalue weighted by atomic mass is 16.5. The summed E-state index contributed by atoms with van der Waals surface area (Å²) < 4.78 is 12.9. The van der Waals surface area contributed by atoms with Crippen LogP contribution in [-0.2, 0) is 9.47 Å². The smallest absolute Gasteiger partial charge is 0.0765 e. The number of piperidine rings is 1. The van der Waals surface area contributed by atoms with Crippen molar-refractivity contribution in [2.24, 2.45) is 40.9 Å². The lowest BCUT2D eigenvalue weighted by Crippen LogP contribution is -2.48. The summed E-state index contributed by atoms with van der Waals surface area (Å²) in [4.78, 5) is 0. The van der Waals surface area contributed by atoms with Crippen LogP contribution in [0.3, 0.4) is 0 Å². The van der Waals surface area contributed by atoms with Crippen molar-refractivity contribution in [1.82, 2.24) is 5.32 Å². The molecule has 180 valence electrons. The lowest BCUT2D eigenvalue weighted by molar-refractivity contribution is -0.0841. The lowest BCUT2D eigenvalue weighted by atomic mass is 9.52. The van der Waals surface area contributed by atoms with Gasteiger partial charge in [-0.05, 0) is 113 Å². The Kier molecular flexibility index (Phi) is 5.40. The maximum atomic E-state index is 7.05. The molecule has 1 spiro atoms. The third kappa shape index (κ3) is 3.16. The van der Waals surface area contributed by atoms with Gasteiger partial charge in [-0.3, -0.25) is 0 Å². The van der Waals surface area contributed by atoms with Gasteiger partial charge >= 0.3 is 0 Å². The molecule has 0 radical (unpaired) electrons. The summed E-state index contributed by atoms with van der Waals surface area (Å²) in [6.45, 7) is 11.2. The van der Waals surface area contributed by atoms with Crippen molar-refractivity contribution < 1.29 is 9.47 Å². The summed E-state index contributed by atoms with van der Waals surface area (Å²) in [5, 5.41) is 3.88. The lowest BCUT2D eigenvalue weighted by Gasteiger charge is -2.54. The molecule has 2 saturated heterocycles. The Morgan fingerprint density at radius 1 is 1.06 bits per heavy atom. The van der Waals surface area contributed by atoms with Crippen LogP contribution in [-0.4, -0.2) is 37.5 Å². The Labute approximate surface area is 196 Å². The first kappa shape index (κ1) is 22.1. The van der Waals surface area contributed by atoms with E-state index in [1.54, 1.807) is 5.57 Å². The monoisotopic (exact) mass is 441 g/mol. The van der Waals surface area contributed by atoms with Crippen LogP contribution in [0.2, 0.25) is 0 Å². The van der Waals surface area contributed by atoms with Gasteiger partial charge in [0.15, 0.2) is 0 Å². The largest absolute Gasteiger partial charge is 0.381 e. The summed E-state index contributed by atoms with van der Waals surface area (Å²) in [5.41, 5.74) is 4.22. The van der Waals surface area contributed by atoms with Crippen LogP contribution in [0.4, 0.5) is 0 Å². The summed E-state index contributed by atoms with van der Waals surface area (Å²) in [6.07, 6.45) is 14.3. The van der Waals surface area contributed by atoms with E-state index >= 15 is 0 Å². The molecule has 0 bridgehead atoms. The number of rotatable bonds is 1. The number of allylic oxidation sites excluding steroid dienone is 1. The molecule has 1 unspecified atom stereocenters. The molecular formula is C29H47NO2. The maximum Gasteiger partial charge on any atom is 0.0765 e. The van der Waals surface area contributed by atoms with Gasteiger partial charge in [0.1, 0.15) is 0 Å². The van der Waals surface area contributed by atoms with E-state index in [0.29, 0.717) is 29.6 Å². The fourth-order valence-electron chi connectivity index (χ4n) is 10.00. The van der Waals surface area contributed by atoms with Crippen LogP contribution in [0.1, 0.15) is 91.9 Å². The van der Waals surface area contributed by atoms with E-state index in [2.05, 4.69) is 33.0 Å². The third-order valence-electron chi connectivity index (χ3n) is 11.9. The van der Waals surface area contributed by atoms with Gasteiger partial charge in [-0.2, -0.15) is 0 Å². The minimum Gasteiger partial charge on any atom is -0.381 e. The first-order valence-corrected chi connectivity index (χ1v) is 14.0. The van der Waals surface area contributed by atoms with Gasteiger partial charge in [0.2, 0.25) is 0 Å². The molecule has 0 aromatic heterocycles. The molecule has 2 heterocycles. The number of hydrogen-bond acceptors (Lipinski definition) is 3. The van der Waals surface area contributed by atoms with Gasteiger partial charge < -0.3 is 14.8 Å². The Morgan fingerprint density at radius 2 is 1.91 bits per heavy atom. The second kappa shape index (κ2) is 7.82. The van der Waals surface area contributed by atoms with Gasteiger partial charge in [-0.15, -0.1) is 0 Å². The van der Waals surface area contributed by atoms with Gasteiger partial charge in [-0.25, -0.2) is 0 Å². The highest BCUT2D eigenvalue weighted by Crippen LogP contribution is 2.65. The fraction of sp³-hybridized carbons (Fsp3) is 0.931. The van der Waals surface area contributed by atoms with Crippen molar-refractivity contribution in [3.05, 3.63) is 11.1 Å². The SMILES string of the molecule is COC1CC[C@@]2(C)[C@H](CC[C@H]3[C@@H]4CC[C@@]5(CC(C)=C4C[C@@H]32)O[C@@H]2C[C@H](C)CN[C@H]2[C@H]5C)C1. The topological polar surface area (TPSA) is 30.5 Å². The first-order valence-electron chi connectivity index (χ1n) is 14.0. The van der Waals surface area contributed by atoms with Crippen LogP contribution < -0.4 is 5.32 Å². The zero-order valence-corrected chi connectivity index (χ0v) is 21.3. The predicted molar refractivity (Wildman–Crippen MR) is 129 cm³/mol. The van der Waals surface area contributed by atoms with Crippen molar-refractivity contribution in [2.75, 3.05) is 13.7 Å². The molecule has 0 amide bonds. The number of hydrogen-bond donors (Lipinski definition) is 1. The van der Waals surface area contributed by atoms with Crippen molar-refractivity contribution in [3.63, 3.8) is 0 Å². The van der Waals surface area contributed by atoms with Crippen molar-refractivity contribution in [1.29, 1.82) is 0 Å². The molecule has 0 aromatic rings. The Hall–Kier alpha value is -0.380. The number of ether oxygens (including phenoxy) is 2. The highest BCUT2D eigenvalue weighted by Gasteiger charge is 2.59. The summed E-state index contributed by atoms with van der Waals surface area (Å²) in [6, 6.07) is 0.569. The van der Waals surface area contributed by atoms with Crippen LogP contribution in [0.15, 0.2) is 11.1 Å². The van der Waals surface area contributed by atoms with Crippen LogP contribution in [0.5, 0.6) is 0 Å². The third-order valence-corrected chi connectivity index (χ3v) is 11.9. The van der Waals surface area contributed by atoms with Crippen LogP contribution in [0.25, 0.3) is 0 Å². The summed E-state index contributed by atoms with van der Waals surface area (Å²) in [5.74, 6) is 4.92. The van der Waals surface area contributed by atoms with E-state index < -0.39 is 0 Å². The number of methoxy groups -OCH3 is 1. The number of fused-ring (bicyclic) bond motifs is 6. The molecule has 3 heteroatoms. The molecular weight excluding hydrogens is 394 g/mol. The molecule has 11 atom stereocenters. The molecule has 3 saturated carbocycles. The zero-order valence-electron chi connectivity index (χ0n) is 21.3. The first-order chi connectivity index (χ1) is 15.3. The normalized spacial score (nSPS) is 55.2. The van der Waals surface area contributed by atoms with Crippen molar-refractivity contribution >= 4 is 0 Å². The Morgan fingerprint density at radius 3 is 2.72 bits per heavy atom. The average molecular weight is 442 g/mol. The van der Waals surface area contributed by atoms with Crippen LogP contribution >= 0.6 is 0 Å². The standard InChI is InChI=1S/C29H47NO2/c1-17-12-26-27(30-16-17)19(3)29(32-26)11-9-22-23-7-6-20-13-21(31-5)8-10-28(20,4)25(23)14-24(22)18(2)15-29/h17,19-23,25-27,30H,6-16H2,1-5H3/t17-,19+,20+,21?,22-,23-,25-,26+,27-,28-,29-/m0/s1. The maximum absolute atomic E-state index is 7.05. The highest BCUT2D eigenvalue weighted by molar-refractivity contribution is 5.29. The van der Waals surface area contributed by atoms with E-state index in [1.165, 1.54) is 70.8 Å². The average Bonchev–Trinajstić information content (AvgIpc) is 3.23. The van der Waals surface area contributed by atoms with Gasteiger partial charge in [0, 0.05) is 19.1 Å². The molecule has 0 aromatic carbocycles. The van der Waals surface area contributed by atoms with Gasteiger partial charge in [0.25, 0.3) is 0 Å². The molecule has 32 heavy (non-hydrogen) atoms. The van der Waals surface area contributed by atoms with Crippen molar-refractivity contribution in [2.45, 2.75) is 116 Å². The molecule has 1 N–H and O–H groups in total. The van der Waals surface area contributed by atoms with Crippen LogP contribution in [0, 0.1) is 40.9 Å². The second-order valence-corrected chi connectivity index (χ2v) is 13.3. The minimum absolute atomic E-state index is 0.0843. The second-order valence-electron chi connectivity index (χ2n) is 13.3. The quantitative estimate of drug-likeness (QED) is 0.497. The van der Waals surface area contributed by atoms with E-state index in [-0.39, 0.29) is 5.60 Å². The Balaban J connectivity index is 1.26. The zero-order chi connectivity index (χ0) is 22.3. The van der Waals surface area contributed by atoms with Gasteiger partial charge in [0.05, 0.1) is 17.8 Å². The Bertz CT molecular complexity index is 777.